The van der Waals surface area contributed by atoms with E-state index in [0.717, 1.165) is 0 Å². The predicted molar refractivity (Wildman–Crippen MR) is 66.9 cm³/mol. The van der Waals surface area contributed by atoms with Crippen LogP contribution in [0, 0.1) is 0 Å². The van der Waals surface area contributed by atoms with Crippen molar-refractivity contribution in [2.24, 2.45) is 0 Å². The van der Waals surface area contributed by atoms with E-state index in [4.69, 9.17) is 9.16 Å². The van der Waals surface area contributed by atoms with Gasteiger partial charge in [0.15, 0.2) is 0 Å². The number of benzene rings is 2. The fourth-order valence-electron chi connectivity index (χ4n) is 1.51. The fraction of sp³-hybridized carbons (Fsp3) is 0.231. The quantitative estimate of drug-likeness (QED) is 0.591. The molecule has 0 aromatic heterocycles. The van der Waals surface area contributed by atoms with Crippen molar-refractivity contribution in [3.8, 4) is 0 Å². The van der Waals surface area contributed by atoms with Gasteiger partial charge >= 0.3 is 0 Å². The molecule has 2 aromatic rings. The van der Waals surface area contributed by atoms with Crippen LogP contribution in [0.4, 0.5) is 0 Å². The molecule has 0 aliphatic rings. The molecule has 0 aliphatic heterocycles. The lowest BCUT2D eigenvalue weighted by Crippen LogP contribution is -2.23. The van der Waals surface area contributed by atoms with Gasteiger partial charge in [-0.1, -0.05) is 42.5 Å². The van der Waals surface area contributed by atoms with Crippen molar-refractivity contribution >= 4 is 25.7 Å². The second kappa shape index (κ2) is 5.25. The lowest BCUT2D eigenvalue weighted by molar-refractivity contribution is -0.0356. The number of ether oxygens (including phenoxy) is 1. The summed E-state index contributed by atoms with van der Waals surface area (Å²) in [5.41, 5.74) is 0. The highest BCUT2D eigenvalue weighted by Gasteiger charge is 2.05. The normalized spacial score (nSPS) is 12.9. The lowest BCUT2D eigenvalue weighted by atomic mass is 10.1. The van der Waals surface area contributed by atoms with Gasteiger partial charge in [-0.2, -0.15) is 0 Å². The predicted octanol–water partition coefficient (Wildman–Crippen LogP) is 2.09. The van der Waals surface area contributed by atoms with Crippen LogP contribution in [0.3, 0.4) is 0 Å². The molecule has 16 heavy (non-hydrogen) atoms. The Labute approximate surface area is 98.1 Å². The van der Waals surface area contributed by atoms with E-state index in [9.17, 15) is 0 Å². The highest BCUT2D eigenvalue weighted by Crippen LogP contribution is 2.10. The monoisotopic (exact) mass is 230 g/mol. The molecule has 0 bridgehead atoms. The maximum atomic E-state index is 5.59. The Morgan fingerprint density at radius 2 is 1.81 bits per heavy atom. The van der Waals surface area contributed by atoms with Crippen LogP contribution in [0.15, 0.2) is 42.5 Å². The summed E-state index contributed by atoms with van der Waals surface area (Å²) in [5, 5.41) is 3.73. The molecule has 1 atom stereocenters. The molecule has 0 N–H and O–H groups in total. The van der Waals surface area contributed by atoms with Crippen molar-refractivity contribution in [3.63, 3.8) is 0 Å². The third-order valence-corrected chi connectivity index (χ3v) is 3.56. The smallest absolute Gasteiger partial charge is 0.272 e. The molecule has 2 rings (SSSR count). The van der Waals surface area contributed by atoms with Crippen molar-refractivity contribution in [2.75, 3.05) is 7.11 Å². The summed E-state index contributed by atoms with van der Waals surface area (Å²) in [7, 11) is 1.97. The van der Waals surface area contributed by atoms with E-state index < -0.39 is 0 Å². The molecular formula is C13H14O2Si. The Morgan fingerprint density at radius 1 is 1.06 bits per heavy atom. The van der Waals surface area contributed by atoms with Gasteiger partial charge in [-0.3, -0.25) is 0 Å². The summed E-state index contributed by atoms with van der Waals surface area (Å²) in [6.45, 7) is 1.90. The Bertz CT molecular complexity index is 465. The summed E-state index contributed by atoms with van der Waals surface area (Å²) in [6, 6.07) is 14.6. The van der Waals surface area contributed by atoms with Crippen LogP contribution in [0.25, 0.3) is 10.8 Å². The maximum Gasteiger partial charge on any atom is 0.272 e. The number of rotatable bonds is 4. The third-order valence-electron chi connectivity index (χ3n) is 2.46. The number of methoxy groups -OCH3 is 1. The zero-order valence-electron chi connectivity index (χ0n) is 9.44. The Hall–Kier alpha value is -1.16. The molecular weight excluding hydrogens is 216 g/mol. The average molecular weight is 230 g/mol. The largest absolute Gasteiger partial charge is 0.387 e. The van der Waals surface area contributed by atoms with E-state index >= 15 is 0 Å². The number of hydrogen-bond donors (Lipinski definition) is 0. The zero-order valence-corrected chi connectivity index (χ0v) is 10.4. The van der Waals surface area contributed by atoms with Gasteiger partial charge in [0.1, 0.15) is 6.29 Å². The molecule has 0 heterocycles. The van der Waals surface area contributed by atoms with Crippen LogP contribution >= 0.6 is 0 Å². The van der Waals surface area contributed by atoms with Crippen LogP contribution in [-0.2, 0) is 9.16 Å². The summed E-state index contributed by atoms with van der Waals surface area (Å²) >= 11 is 0. The molecule has 82 valence electrons. The molecule has 0 fully saturated rings. The minimum Gasteiger partial charge on any atom is -0.387 e. The minimum absolute atomic E-state index is 0.155. The van der Waals surface area contributed by atoms with Gasteiger partial charge in [0.25, 0.3) is 9.76 Å². The van der Waals surface area contributed by atoms with E-state index in [1.54, 1.807) is 7.11 Å². The minimum atomic E-state index is -0.155. The Morgan fingerprint density at radius 3 is 2.62 bits per heavy atom. The number of fused-ring (bicyclic) bond motifs is 1. The second-order valence-electron chi connectivity index (χ2n) is 3.55. The molecule has 3 heteroatoms. The van der Waals surface area contributed by atoms with Crippen molar-refractivity contribution in [1.82, 2.24) is 0 Å². The summed E-state index contributed by atoms with van der Waals surface area (Å²) in [4.78, 5) is 0. The van der Waals surface area contributed by atoms with Gasteiger partial charge in [0, 0.05) is 7.11 Å². The Balaban J connectivity index is 2.23. The first kappa shape index (κ1) is 11.3. The number of hydrogen-bond acceptors (Lipinski definition) is 2. The van der Waals surface area contributed by atoms with Gasteiger partial charge in [-0.05, 0) is 22.9 Å². The second-order valence-corrected chi connectivity index (χ2v) is 4.53. The molecule has 0 amide bonds. The first-order valence-corrected chi connectivity index (χ1v) is 6.14. The van der Waals surface area contributed by atoms with Crippen molar-refractivity contribution in [1.29, 1.82) is 0 Å². The van der Waals surface area contributed by atoms with Crippen LogP contribution < -0.4 is 5.19 Å². The SMILES string of the molecule is COC(C)O[Si]c1cccc2ccccc12. The van der Waals surface area contributed by atoms with E-state index in [0.29, 0.717) is 9.76 Å². The molecule has 2 nitrogen and oxygen atoms in total. The van der Waals surface area contributed by atoms with Gasteiger partial charge in [-0.15, -0.1) is 0 Å². The van der Waals surface area contributed by atoms with E-state index in [2.05, 4.69) is 36.4 Å². The summed E-state index contributed by atoms with van der Waals surface area (Å²) < 4.78 is 10.7. The molecule has 0 saturated heterocycles. The molecule has 1 unspecified atom stereocenters. The van der Waals surface area contributed by atoms with Crippen LogP contribution in [0.2, 0.25) is 0 Å². The van der Waals surface area contributed by atoms with Gasteiger partial charge < -0.3 is 9.16 Å². The van der Waals surface area contributed by atoms with Crippen molar-refractivity contribution < 1.29 is 9.16 Å². The Kier molecular flexibility index (Phi) is 3.72. The topological polar surface area (TPSA) is 18.5 Å². The van der Waals surface area contributed by atoms with E-state index in [1.807, 2.05) is 13.0 Å². The summed E-state index contributed by atoms with van der Waals surface area (Å²) in [5.74, 6) is 0. The van der Waals surface area contributed by atoms with Crippen molar-refractivity contribution in [2.45, 2.75) is 13.2 Å². The van der Waals surface area contributed by atoms with E-state index in [1.165, 1.54) is 16.0 Å². The van der Waals surface area contributed by atoms with Gasteiger partial charge in [-0.25, -0.2) is 0 Å². The molecule has 0 aliphatic carbocycles. The lowest BCUT2D eigenvalue weighted by Gasteiger charge is -2.11. The molecule has 2 aromatic carbocycles. The molecule has 0 saturated carbocycles. The average Bonchev–Trinajstić information content (AvgIpc) is 2.35. The van der Waals surface area contributed by atoms with Crippen LogP contribution in [0.1, 0.15) is 6.92 Å². The first-order chi connectivity index (χ1) is 7.81. The maximum absolute atomic E-state index is 5.59. The van der Waals surface area contributed by atoms with Crippen LogP contribution in [0.5, 0.6) is 0 Å². The van der Waals surface area contributed by atoms with Crippen LogP contribution in [-0.4, -0.2) is 23.2 Å². The highest BCUT2D eigenvalue weighted by atomic mass is 28.2. The zero-order chi connectivity index (χ0) is 11.4. The molecule has 0 spiro atoms. The van der Waals surface area contributed by atoms with Crippen molar-refractivity contribution in [3.05, 3.63) is 42.5 Å². The fourth-order valence-corrected chi connectivity index (χ4v) is 2.40. The molecule has 2 radical (unpaired) electrons. The third kappa shape index (κ3) is 2.50. The van der Waals surface area contributed by atoms with E-state index in [-0.39, 0.29) is 6.29 Å². The standard InChI is InChI=1S/C13H14O2Si/c1-10(14-2)15-16-13-9-5-7-11-6-3-4-8-12(11)13/h3-10H,1-2H3. The highest BCUT2D eigenvalue weighted by molar-refractivity contribution is 6.51. The van der Waals surface area contributed by atoms with Gasteiger partial charge in [0.05, 0.1) is 0 Å². The first-order valence-electron chi connectivity index (χ1n) is 5.23. The van der Waals surface area contributed by atoms with Gasteiger partial charge in [0.2, 0.25) is 0 Å². The summed E-state index contributed by atoms with van der Waals surface area (Å²) in [6.07, 6.45) is -0.155.